The molecular weight excluding hydrogens is 309 g/mol. The van der Waals surface area contributed by atoms with Gasteiger partial charge in [0.15, 0.2) is 0 Å². The highest BCUT2D eigenvalue weighted by Gasteiger charge is 2.36. The first kappa shape index (κ1) is 16.1. The number of likely N-dealkylation sites (tertiary alicyclic amines) is 1. The number of amides is 1. The van der Waals surface area contributed by atoms with E-state index < -0.39 is 6.10 Å². The van der Waals surface area contributed by atoms with Crippen molar-refractivity contribution >= 4 is 5.91 Å². The van der Waals surface area contributed by atoms with Gasteiger partial charge in [0.05, 0.1) is 23.4 Å². The summed E-state index contributed by atoms with van der Waals surface area (Å²) in [5.74, 6) is -0.659. The molecule has 1 aromatic heterocycles. The van der Waals surface area contributed by atoms with E-state index in [-0.39, 0.29) is 30.0 Å². The molecule has 0 unspecified atom stereocenters. The zero-order valence-corrected chi connectivity index (χ0v) is 13.1. The number of aliphatic hydroxyl groups is 1. The molecule has 6 heteroatoms. The molecule has 1 aromatic carbocycles. The number of halogens is 1. The van der Waals surface area contributed by atoms with E-state index in [9.17, 15) is 14.3 Å². The minimum Gasteiger partial charge on any atom is -0.391 e. The van der Waals surface area contributed by atoms with Crippen molar-refractivity contribution in [3.05, 3.63) is 64.7 Å². The van der Waals surface area contributed by atoms with Crippen LogP contribution < -0.4 is 0 Å². The van der Waals surface area contributed by atoms with E-state index in [1.165, 1.54) is 18.2 Å². The Morgan fingerprint density at radius 2 is 2.04 bits per heavy atom. The number of aromatic nitrogens is 1. The summed E-state index contributed by atoms with van der Waals surface area (Å²) in [6.07, 6.45) is -0.240. The normalized spacial score (nSPS) is 20.0. The van der Waals surface area contributed by atoms with E-state index >= 15 is 0 Å². The van der Waals surface area contributed by atoms with Gasteiger partial charge in [-0.1, -0.05) is 12.1 Å². The van der Waals surface area contributed by atoms with E-state index in [2.05, 4.69) is 4.98 Å². The molecule has 0 radical (unpaired) electrons. The predicted molar refractivity (Wildman–Crippen MR) is 84.5 cm³/mol. The van der Waals surface area contributed by atoms with Crippen LogP contribution in [0.1, 0.15) is 39.8 Å². The minimum atomic E-state index is -0.636. The lowest BCUT2D eigenvalue weighted by molar-refractivity contribution is 0.0709. The lowest BCUT2D eigenvalue weighted by atomic mass is 10.0. The highest BCUT2D eigenvalue weighted by atomic mass is 19.1. The summed E-state index contributed by atoms with van der Waals surface area (Å²) in [6.45, 7) is 1.87. The van der Waals surface area contributed by atoms with Gasteiger partial charge >= 0.3 is 0 Å². The number of aryl methyl sites for hydroxylation is 1. The van der Waals surface area contributed by atoms with Crippen molar-refractivity contribution in [1.82, 2.24) is 9.88 Å². The van der Waals surface area contributed by atoms with Crippen molar-refractivity contribution in [2.75, 3.05) is 6.54 Å². The summed E-state index contributed by atoms with van der Waals surface area (Å²) in [6, 6.07) is 10.7. The molecule has 2 heterocycles. The maximum Gasteiger partial charge on any atom is 0.273 e. The Bertz CT molecular complexity index is 814. The number of hydrogen-bond donors (Lipinski definition) is 1. The third-order valence-electron chi connectivity index (χ3n) is 4.22. The number of nitrogens with zero attached hydrogens (tertiary/aromatic N) is 3. The number of aliphatic hydroxyl groups excluding tert-OH is 1. The Hall–Kier alpha value is -2.78. The van der Waals surface area contributed by atoms with Gasteiger partial charge in [-0.2, -0.15) is 5.26 Å². The van der Waals surface area contributed by atoms with Crippen LogP contribution in [0.5, 0.6) is 0 Å². The highest BCUT2D eigenvalue weighted by Crippen LogP contribution is 2.33. The van der Waals surface area contributed by atoms with Gasteiger partial charge in [0.25, 0.3) is 5.91 Å². The van der Waals surface area contributed by atoms with Crippen LogP contribution in [0, 0.1) is 24.1 Å². The average Bonchev–Trinajstić information content (AvgIpc) is 2.96. The maximum atomic E-state index is 13.1. The third-order valence-corrected chi connectivity index (χ3v) is 4.22. The molecule has 5 nitrogen and oxygen atoms in total. The number of hydrogen-bond acceptors (Lipinski definition) is 4. The van der Waals surface area contributed by atoms with Crippen LogP contribution in [0.15, 0.2) is 36.4 Å². The Morgan fingerprint density at radius 3 is 2.67 bits per heavy atom. The summed E-state index contributed by atoms with van der Waals surface area (Å²) in [7, 11) is 0. The first-order chi connectivity index (χ1) is 11.5. The molecule has 122 valence electrons. The topological polar surface area (TPSA) is 77.2 Å². The molecular formula is C18H16FN3O2. The van der Waals surface area contributed by atoms with Crippen LogP contribution in [0.3, 0.4) is 0 Å². The van der Waals surface area contributed by atoms with Gasteiger partial charge in [-0.25, -0.2) is 9.37 Å². The number of β-amino-alcohol motifs (C(OH)–C–C–N with tert-alkyl or cyclic N) is 1. The monoisotopic (exact) mass is 325 g/mol. The second kappa shape index (κ2) is 6.38. The van der Waals surface area contributed by atoms with Gasteiger partial charge in [0, 0.05) is 6.54 Å². The zero-order chi connectivity index (χ0) is 17.3. The van der Waals surface area contributed by atoms with Gasteiger partial charge in [0.1, 0.15) is 17.6 Å². The van der Waals surface area contributed by atoms with E-state index in [0.29, 0.717) is 17.7 Å². The van der Waals surface area contributed by atoms with Crippen LogP contribution >= 0.6 is 0 Å². The predicted octanol–water partition coefficient (Wildman–Crippen LogP) is 2.35. The summed E-state index contributed by atoms with van der Waals surface area (Å²) >= 11 is 0. The van der Waals surface area contributed by atoms with Crippen LogP contribution in [0.2, 0.25) is 0 Å². The molecule has 3 rings (SSSR count). The summed E-state index contributed by atoms with van der Waals surface area (Å²) in [5, 5.41) is 18.9. The SMILES string of the molecule is Cc1nc(C(=O)N2C[C@H](O)C[C@@H]2c2ccc(F)cc2)ccc1C#N. The van der Waals surface area contributed by atoms with Crippen molar-refractivity contribution in [2.45, 2.75) is 25.5 Å². The van der Waals surface area contributed by atoms with Gasteiger partial charge in [-0.15, -0.1) is 0 Å². The van der Waals surface area contributed by atoms with E-state index in [4.69, 9.17) is 5.26 Å². The van der Waals surface area contributed by atoms with Gasteiger partial charge in [-0.3, -0.25) is 4.79 Å². The molecule has 2 atom stereocenters. The number of nitriles is 1. The van der Waals surface area contributed by atoms with Crippen molar-refractivity contribution in [1.29, 1.82) is 5.26 Å². The third kappa shape index (κ3) is 2.99. The molecule has 1 aliphatic rings. The molecule has 0 spiro atoms. The zero-order valence-electron chi connectivity index (χ0n) is 13.1. The first-order valence-electron chi connectivity index (χ1n) is 7.62. The fraction of sp³-hybridized carbons (Fsp3) is 0.278. The van der Waals surface area contributed by atoms with E-state index in [1.54, 1.807) is 30.0 Å². The van der Waals surface area contributed by atoms with Crippen molar-refractivity contribution in [2.24, 2.45) is 0 Å². The molecule has 2 aromatic rings. The number of benzene rings is 1. The number of pyridine rings is 1. The van der Waals surface area contributed by atoms with Gasteiger partial charge < -0.3 is 10.0 Å². The maximum absolute atomic E-state index is 13.1. The molecule has 1 saturated heterocycles. The molecule has 1 amide bonds. The van der Waals surface area contributed by atoms with Gasteiger partial charge in [0.2, 0.25) is 0 Å². The Balaban J connectivity index is 1.91. The highest BCUT2D eigenvalue weighted by molar-refractivity contribution is 5.93. The Morgan fingerprint density at radius 1 is 1.33 bits per heavy atom. The molecule has 0 saturated carbocycles. The lowest BCUT2D eigenvalue weighted by Gasteiger charge is -2.24. The van der Waals surface area contributed by atoms with Gasteiger partial charge in [-0.05, 0) is 43.2 Å². The molecule has 1 aliphatic heterocycles. The summed E-state index contributed by atoms with van der Waals surface area (Å²) in [4.78, 5) is 18.5. The lowest BCUT2D eigenvalue weighted by Crippen LogP contribution is -2.32. The van der Waals surface area contributed by atoms with Crippen LogP contribution in [-0.4, -0.2) is 33.5 Å². The van der Waals surface area contributed by atoms with Crippen molar-refractivity contribution < 1.29 is 14.3 Å². The molecule has 0 bridgehead atoms. The van der Waals surface area contributed by atoms with Crippen molar-refractivity contribution in [3.8, 4) is 6.07 Å². The fourth-order valence-electron chi connectivity index (χ4n) is 2.98. The molecule has 24 heavy (non-hydrogen) atoms. The standard InChI is InChI=1S/C18H16FN3O2/c1-11-13(9-20)4-7-16(21-11)18(24)22-10-15(23)8-17(22)12-2-5-14(19)6-3-12/h2-7,15,17,23H,8,10H2,1H3/t15-,17-/m1/s1. The Kier molecular flexibility index (Phi) is 4.28. The van der Waals surface area contributed by atoms with E-state index in [1.807, 2.05) is 6.07 Å². The second-order valence-electron chi connectivity index (χ2n) is 5.86. The average molecular weight is 325 g/mol. The fourth-order valence-corrected chi connectivity index (χ4v) is 2.98. The van der Waals surface area contributed by atoms with Crippen LogP contribution in [0.25, 0.3) is 0 Å². The van der Waals surface area contributed by atoms with Crippen LogP contribution in [-0.2, 0) is 0 Å². The number of carbonyl (C=O) groups excluding carboxylic acids is 1. The summed E-state index contributed by atoms with van der Waals surface area (Å²) < 4.78 is 13.1. The second-order valence-corrected chi connectivity index (χ2v) is 5.86. The molecule has 1 fully saturated rings. The minimum absolute atomic E-state index is 0.196. The van der Waals surface area contributed by atoms with Crippen LogP contribution in [0.4, 0.5) is 4.39 Å². The Labute approximate surface area is 139 Å². The quantitative estimate of drug-likeness (QED) is 0.919. The largest absolute Gasteiger partial charge is 0.391 e. The van der Waals surface area contributed by atoms with E-state index in [0.717, 1.165) is 5.56 Å². The first-order valence-corrected chi connectivity index (χ1v) is 7.62. The smallest absolute Gasteiger partial charge is 0.273 e. The number of rotatable bonds is 2. The molecule has 0 aliphatic carbocycles. The molecule has 1 N–H and O–H groups in total. The summed E-state index contributed by atoms with van der Waals surface area (Å²) in [5.41, 5.74) is 1.91. The van der Waals surface area contributed by atoms with Crippen molar-refractivity contribution in [3.63, 3.8) is 0 Å². The number of carbonyl (C=O) groups is 1.